The molecule has 3 aromatic heterocycles. The van der Waals surface area contributed by atoms with E-state index in [1.165, 1.54) is 0 Å². The Morgan fingerprint density at radius 3 is 2.92 bits per heavy atom. The van der Waals surface area contributed by atoms with Gasteiger partial charge in [-0.05, 0) is 49.3 Å². The zero-order valence-electron chi connectivity index (χ0n) is 13.5. The molecule has 124 valence electrons. The molecule has 1 fully saturated rings. The fraction of sp³-hybridized carbons (Fsp3) is 0.389. The Morgan fingerprint density at radius 2 is 2.17 bits per heavy atom. The van der Waals surface area contributed by atoms with Crippen molar-refractivity contribution in [2.45, 2.75) is 38.3 Å². The van der Waals surface area contributed by atoms with Crippen LogP contribution in [0, 0.1) is 12.8 Å². The number of hydrogen-bond acceptors (Lipinski definition) is 6. The Balaban J connectivity index is 1.62. The molecule has 6 heteroatoms. The van der Waals surface area contributed by atoms with E-state index < -0.39 is 0 Å². The number of thiophene rings is 1. The predicted molar refractivity (Wildman–Crippen MR) is 96.2 cm³/mol. The molecule has 0 aliphatic heterocycles. The SMILES string of the molecule is Cc1nc(N[C@@H](Cc2ccccn2)C2CC(O)C2)c2sccc2n1. The molecule has 1 atom stereocenters. The van der Waals surface area contributed by atoms with Gasteiger partial charge in [0.2, 0.25) is 0 Å². The van der Waals surface area contributed by atoms with E-state index in [2.05, 4.69) is 26.3 Å². The molecule has 3 aromatic rings. The summed E-state index contributed by atoms with van der Waals surface area (Å²) in [4.78, 5) is 13.6. The van der Waals surface area contributed by atoms with Crippen molar-refractivity contribution >= 4 is 27.4 Å². The molecule has 0 unspecified atom stereocenters. The van der Waals surface area contributed by atoms with Gasteiger partial charge in [0.1, 0.15) is 11.6 Å². The third-order valence-corrected chi connectivity index (χ3v) is 5.52. The summed E-state index contributed by atoms with van der Waals surface area (Å²) in [7, 11) is 0. The highest BCUT2D eigenvalue weighted by Crippen LogP contribution is 2.35. The third-order valence-electron chi connectivity index (χ3n) is 4.61. The Hall–Kier alpha value is -2.05. The topological polar surface area (TPSA) is 70.9 Å². The smallest absolute Gasteiger partial charge is 0.148 e. The molecule has 3 heterocycles. The molecule has 0 amide bonds. The molecule has 0 saturated heterocycles. The van der Waals surface area contributed by atoms with Crippen molar-refractivity contribution in [2.24, 2.45) is 5.92 Å². The lowest BCUT2D eigenvalue weighted by Gasteiger charge is -2.38. The van der Waals surface area contributed by atoms with Crippen LogP contribution in [0.2, 0.25) is 0 Å². The van der Waals surface area contributed by atoms with Gasteiger partial charge in [-0.1, -0.05) is 6.07 Å². The van der Waals surface area contributed by atoms with Gasteiger partial charge < -0.3 is 10.4 Å². The minimum absolute atomic E-state index is 0.170. The molecule has 1 aliphatic carbocycles. The van der Waals surface area contributed by atoms with Crippen molar-refractivity contribution in [1.29, 1.82) is 0 Å². The molecule has 24 heavy (non-hydrogen) atoms. The third kappa shape index (κ3) is 3.12. The molecule has 5 nitrogen and oxygen atoms in total. The highest BCUT2D eigenvalue weighted by atomic mass is 32.1. The highest BCUT2D eigenvalue weighted by molar-refractivity contribution is 7.17. The second kappa shape index (κ2) is 6.45. The van der Waals surface area contributed by atoms with Gasteiger partial charge in [0.05, 0.1) is 16.3 Å². The maximum atomic E-state index is 9.72. The van der Waals surface area contributed by atoms with Gasteiger partial charge in [-0.15, -0.1) is 11.3 Å². The van der Waals surface area contributed by atoms with Crippen molar-refractivity contribution in [1.82, 2.24) is 15.0 Å². The average molecular weight is 340 g/mol. The normalized spacial score (nSPS) is 21.4. The van der Waals surface area contributed by atoms with E-state index in [4.69, 9.17) is 0 Å². The zero-order valence-corrected chi connectivity index (χ0v) is 14.3. The maximum Gasteiger partial charge on any atom is 0.148 e. The number of aliphatic hydroxyl groups excluding tert-OH is 1. The summed E-state index contributed by atoms with van der Waals surface area (Å²) in [5.74, 6) is 2.11. The first-order valence-corrected chi connectivity index (χ1v) is 9.13. The summed E-state index contributed by atoms with van der Waals surface area (Å²) in [6, 6.07) is 8.24. The summed E-state index contributed by atoms with van der Waals surface area (Å²) < 4.78 is 1.09. The molecule has 4 rings (SSSR count). The monoisotopic (exact) mass is 340 g/mol. The van der Waals surface area contributed by atoms with E-state index >= 15 is 0 Å². The Bertz CT molecular complexity index is 829. The van der Waals surface area contributed by atoms with E-state index in [-0.39, 0.29) is 12.1 Å². The second-order valence-corrected chi connectivity index (χ2v) is 7.33. The zero-order chi connectivity index (χ0) is 16.5. The van der Waals surface area contributed by atoms with Crippen LogP contribution < -0.4 is 5.32 Å². The summed E-state index contributed by atoms with van der Waals surface area (Å²) in [5.41, 5.74) is 2.05. The summed E-state index contributed by atoms with van der Waals surface area (Å²) in [6.07, 6.45) is 4.16. The lowest BCUT2D eigenvalue weighted by Crippen LogP contribution is -2.42. The van der Waals surface area contributed by atoms with Gasteiger partial charge in [0.25, 0.3) is 0 Å². The molecule has 1 aliphatic rings. The van der Waals surface area contributed by atoms with Gasteiger partial charge in [-0.2, -0.15) is 0 Å². The number of nitrogens with zero attached hydrogens (tertiary/aromatic N) is 3. The number of aliphatic hydroxyl groups is 1. The van der Waals surface area contributed by atoms with Crippen LogP contribution in [0.25, 0.3) is 10.2 Å². The number of nitrogens with one attached hydrogen (secondary N) is 1. The van der Waals surface area contributed by atoms with Crippen LogP contribution in [0.15, 0.2) is 35.8 Å². The number of rotatable bonds is 5. The van der Waals surface area contributed by atoms with Crippen molar-refractivity contribution in [2.75, 3.05) is 5.32 Å². The molecule has 0 bridgehead atoms. The van der Waals surface area contributed by atoms with Crippen molar-refractivity contribution in [3.8, 4) is 0 Å². The van der Waals surface area contributed by atoms with Crippen LogP contribution in [0.3, 0.4) is 0 Å². The summed E-state index contributed by atoms with van der Waals surface area (Å²) in [6.45, 7) is 1.92. The van der Waals surface area contributed by atoms with Gasteiger partial charge in [-0.3, -0.25) is 4.98 Å². The predicted octanol–water partition coefficient (Wildman–Crippen LogP) is 3.19. The quantitative estimate of drug-likeness (QED) is 0.746. The van der Waals surface area contributed by atoms with Gasteiger partial charge in [0.15, 0.2) is 0 Å². The van der Waals surface area contributed by atoms with Gasteiger partial charge in [-0.25, -0.2) is 9.97 Å². The van der Waals surface area contributed by atoms with Crippen LogP contribution >= 0.6 is 11.3 Å². The first-order chi connectivity index (χ1) is 11.7. The maximum absolute atomic E-state index is 9.72. The molecular weight excluding hydrogens is 320 g/mol. The number of anilines is 1. The van der Waals surface area contributed by atoms with E-state index in [1.54, 1.807) is 11.3 Å². The Morgan fingerprint density at radius 1 is 1.29 bits per heavy atom. The van der Waals surface area contributed by atoms with E-state index in [0.717, 1.165) is 46.8 Å². The standard InChI is InChI=1S/C18H20N4OS/c1-11-20-15-5-7-24-17(15)18(21-11)22-16(12-8-14(23)9-12)10-13-4-2-3-6-19-13/h2-7,12,14,16,23H,8-10H2,1H3,(H,20,21,22)/t12?,14?,16-/m0/s1. The van der Waals surface area contributed by atoms with E-state index in [1.807, 2.05) is 36.7 Å². The minimum Gasteiger partial charge on any atom is -0.393 e. The molecule has 1 saturated carbocycles. The van der Waals surface area contributed by atoms with Crippen LogP contribution in [0.4, 0.5) is 5.82 Å². The van der Waals surface area contributed by atoms with E-state index in [9.17, 15) is 5.11 Å². The van der Waals surface area contributed by atoms with Gasteiger partial charge >= 0.3 is 0 Å². The molecule has 0 spiro atoms. The molecule has 0 radical (unpaired) electrons. The molecule has 2 N–H and O–H groups in total. The van der Waals surface area contributed by atoms with E-state index in [0.29, 0.717) is 5.92 Å². The number of pyridine rings is 1. The minimum atomic E-state index is -0.170. The average Bonchev–Trinajstić information content (AvgIpc) is 3.00. The fourth-order valence-electron chi connectivity index (χ4n) is 3.29. The van der Waals surface area contributed by atoms with Crippen LogP contribution in [-0.4, -0.2) is 32.2 Å². The second-order valence-electron chi connectivity index (χ2n) is 6.42. The summed E-state index contributed by atoms with van der Waals surface area (Å²) >= 11 is 1.66. The highest BCUT2D eigenvalue weighted by Gasteiger charge is 2.34. The molecular formula is C18H20N4OS. The van der Waals surface area contributed by atoms with Crippen LogP contribution in [-0.2, 0) is 6.42 Å². The Kier molecular flexibility index (Phi) is 4.16. The van der Waals surface area contributed by atoms with Crippen molar-refractivity contribution in [3.05, 3.63) is 47.4 Å². The Labute approximate surface area is 144 Å². The molecule has 0 aromatic carbocycles. The fourth-order valence-corrected chi connectivity index (χ4v) is 4.07. The number of aromatic nitrogens is 3. The number of aryl methyl sites for hydroxylation is 1. The van der Waals surface area contributed by atoms with Crippen LogP contribution in [0.1, 0.15) is 24.4 Å². The first-order valence-electron chi connectivity index (χ1n) is 8.25. The van der Waals surface area contributed by atoms with Crippen molar-refractivity contribution < 1.29 is 5.11 Å². The van der Waals surface area contributed by atoms with Crippen molar-refractivity contribution in [3.63, 3.8) is 0 Å². The number of hydrogen-bond donors (Lipinski definition) is 2. The lowest BCUT2D eigenvalue weighted by atomic mass is 9.76. The number of fused-ring (bicyclic) bond motifs is 1. The summed E-state index contributed by atoms with van der Waals surface area (Å²) in [5, 5.41) is 15.4. The lowest BCUT2D eigenvalue weighted by molar-refractivity contribution is 0.0341. The van der Waals surface area contributed by atoms with Gasteiger partial charge in [0, 0.05) is 24.4 Å². The van der Waals surface area contributed by atoms with Crippen LogP contribution in [0.5, 0.6) is 0 Å². The largest absolute Gasteiger partial charge is 0.393 e. The first kappa shape index (κ1) is 15.5.